The fourth-order valence-electron chi connectivity index (χ4n) is 10.9. The lowest BCUT2D eigenvalue weighted by atomic mass is 9.77. The van der Waals surface area contributed by atoms with Crippen molar-refractivity contribution in [3.63, 3.8) is 0 Å². The second kappa shape index (κ2) is 56.0. The number of aldehydes is 1. The fraction of sp³-hybridized carbons (Fsp3) is 0.954. The zero-order valence-corrected chi connectivity index (χ0v) is 51.4. The minimum atomic E-state index is -1.25. The molecule has 75 heavy (non-hydrogen) atoms. The van der Waals surface area contributed by atoms with Crippen LogP contribution < -0.4 is 12.4 Å². The van der Waals surface area contributed by atoms with Gasteiger partial charge in [0.2, 0.25) is 0 Å². The molecule has 1 aliphatic carbocycles. The molecule has 0 aliphatic heterocycles. The van der Waals surface area contributed by atoms with Crippen LogP contribution in [0.4, 0.5) is 0 Å². The molecule has 3 N–H and O–H groups in total. The molecule has 9 nitrogen and oxygen atoms in total. The number of carbonyl (C=O) groups is 3. The predicted molar refractivity (Wildman–Crippen MR) is 313 cm³/mol. The topological polar surface area (TPSA) is 130 Å². The highest BCUT2D eigenvalue weighted by Gasteiger charge is 2.50. The highest BCUT2D eigenvalue weighted by molar-refractivity contribution is 5.70. The number of esters is 2. The highest BCUT2D eigenvalue weighted by Crippen LogP contribution is 2.33. The second-order valence-electron chi connectivity index (χ2n) is 24.2. The van der Waals surface area contributed by atoms with Gasteiger partial charge in [0, 0.05) is 25.2 Å². The summed E-state index contributed by atoms with van der Waals surface area (Å²) in [7, 11) is 5.85. The van der Waals surface area contributed by atoms with Gasteiger partial charge in [0.15, 0.2) is 12.2 Å². The summed E-state index contributed by atoms with van der Waals surface area (Å²) in [6.45, 7) is 7.17. The summed E-state index contributed by atoms with van der Waals surface area (Å²) in [5.74, 6) is -1.61. The van der Waals surface area contributed by atoms with Crippen LogP contribution >= 0.6 is 0 Å². The van der Waals surface area contributed by atoms with Crippen LogP contribution in [-0.2, 0) is 23.9 Å². The molecule has 0 saturated heterocycles. The van der Waals surface area contributed by atoms with Crippen molar-refractivity contribution in [2.24, 2.45) is 5.92 Å². The van der Waals surface area contributed by atoms with Crippen molar-refractivity contribution >= 4 is 18.2 Å². The van der Waals surface area contributed by atoms with E-state index in [1.807, 2.05) is 21.1 Å². The van der Waals surface area contributed by atoms with E-state index in [-0.39, 0.29) is 31.7 Å². The number of carbonyl (C=O) groups excluding carboxylic acids is 3. The molecule has 1 fully saturated rings. The normalized spacial score (nSPS) is 18.0. The van der Waals surface area contributed by atoms with Gasteiger partial charge in [-0.2, -0.15) is 0 Å². The zero-order chi connectivity index (χ0) is 54.6. The number of likely N-dealkylation sites (N-methyl/N-ethyl adjacent to an activating group) is 1. The lowest BCUT2D eigenvalue weighted by Gasteiger charge is -2.44. The number of aliphatic hydroxyl groups excluding tert-OH is 3. The lowest BCUT2D eigenvalue weighted by molar-refractivity contribution is -0.874. The monoisotopic (exact) mass is 1090 g/mol. The molecule has 1 aliphatic rings. The van der Waals surface area contributed by atoms with Gasteiger partial charge >= 0.3 is 11.9 Å². The smallest absolute Gasteiger partial charge is 0.306 e. The van der Waals surface area contributed by atoms with Crippen LogP contribution in [0, 0.1) is 5.92 Å². The van der Waals surface area contributed by atoms with Crippen molar-refractivity contribution in [2.45, 2.75) is 366 Å². The molecule has 1 rings (SSSR count). The Kier molecular flexibility index (Phi) is 56.6. The van der Waals surface area contributed by atoms with Crippen LogP contribution in [0.5, 0.6) is 0 Å². The van der Waals surface area contributed by atoms with E-state index in [2.05, 4.69) is 20.8 Å². The summed E-state index contributed by atoms with van der Waals surface area (Å²) in [5, 5.41) is 33.6. The third kappa shape index (κ3) is 49.5. The van der Waals surface area contributed by atoms with E-state index in [1.165, 1.54) is 244 Å². The summed E-state index contributed by atoms with van der Waals surface area (Å²) in [5.41, 5.74) is 0. The fourth-order valence-corrected chi connectivity index (χ4v) is 10.9. The second-order valence-corrected chi connectivity index (χ2v) is 24.2. The molecule has 0 amide bonds. The molecule has 10 heteroatoms. The molecule has 448 valence electrons. The molecule has 1 unspecified atom stereocenters. The predicted octanol–water partition coefficient (Wildman–Crippen LogP) is 14.6. The van der Waals surface area contributed by atoms with Gasteiger partial charge in [0.25, 0.3) is 0 Å². The Morgan fingerprint density at radius 1 is 0.440 bits per heavy atom. The van der Waals surface area contributed by atoms with Gasteiger partial charge in [0.05, 0.1) is 27.2 Å². The molecule has 0 bridgehead atoms. The molecule has 0 radical (unpaired) electrons. The van der Waals surface area contributed by atoms with Crippen molar-refractivity contribution in [2.75, 3.05) is 27.7 Å². The third-order valence-corrected chi connectivity index (χ3v) is 15.7. The molecule has 6 atom stereocenters. The van der Waals surface area contributed by atoms with E-state index < -0.39 is 48.4 Å². The number of nitrogens with zero attached hydrogens (tertiary/aromatic N) is 1. The standard InChI is InChI=1S/C47H92NO7.C18H36O.ClH/c1-6-8-10-12-14-16-18-20-22-24-26-28-30-32-34-36-43(51)54-46-41(49)38-40(42(50)39-48(3,4)5)45(53)47(46)55-44(52)37-35-33-31-29-27-25-23-21-19-17-15-13-11-9-7-2;1-2-3-4-5-6-7-8-9-10-11-12-13-14-15-16-17-18-19;/h40-42,45-47,49-50,53H,6-39H2,1-5H3;18H,2-17H2,1H3;1H/q+1;;/p-1/t40-,41-,42?,45-,46+,47+;;/m1../s1. The van der Waals surface area contributed by atoms with E-state index in [4.69, 9.17) is 9.47 Å². The van der Waals surface area contributed by atoms with Gasteiger partial charge in [-0.15, -0.1) is 0 Å². The number of ether oxygens (including phenoxy) is 2. The van der Waals surface area contributed by atoms with Crippen molar-refractivity contribution in [3.8, 4) is 0 Å². The van der Waals surface area contributed by atoms with Crippen molar-refractivity contribution in [1.82, 2.24) is 0 Å². The largest absolute Gasteiger partial charge is 1.00 e. The Balaban J connectivity index is 0. The van der Waals surface area contributed by atoms with Gasteiger partial charge in [-0.1, -0.05) is 290 Å². The van der Waals surface area contributed by atoms with Crippen LogP contribution in [0.15, 0.2) is 0 Å². The minimum absolute atomic E-state index is 0. The Bertz CT molecular complexity index is 1220. The number of quaternary nitrogens is 1. The zero-order valence-electron chi connectivity index (χ0n) is 50.6. The van der Waals surface area contributed by atoms with Crippen LogP contribution in [-0.4, -0.2) is 96.2 Å². The summed E-state index contributed by atoms with van der Waals surface area (Å²) in [4.78, 5) is 36.1. The first-order chi connectivity index (χ1) is 35.9. The molecule has 0 aromatic carbocycles. The Morgan fingerprint density at radius 3 is 0.960 bits per heavy atom. The van der Waals surface area contributed by atoms with Gasteiger partial charge in [-0.3, -0.25) is 9.59 Å². The number of rotatable bonds is 53. The van der Waals surface area contributed by atoms with E-state index >= 15 is 0 Å². The summed E-state index contributed by atoms with van der Waals surface area (Å²) in [6, 6.07) is 0. The maximum absolute atomic E-state index is 13.0. The highest BCUT2D eigenvalue weighted by atomic mass is 35.5. The van der Waals surface area contributed by atoms with Crippen LogP contribution in [0.1, 0.15) is 335 Å². The molecular formula is C65H128ClNO8. The lowest BCUT2D eigenvalue weighted by Crippen LogP contribution is -3.00. The first-order valence-electron chi connectivity index (χ1n) is 32.6. The molecule has 0 spiro atoms. The maximum atomic E-state index is 13.0. The van der Waals surface area contributed by atoms with Crippen molar-refractivity contribution < 1.29 is 56.1 Å². The number of aliphatic hydroxyl groups is 3. The molecular weight excluding hydrogens is 958 g/mol. The van der Waals surface area contributed by atoms with E-state index in [9.17, 15) is 29.7 Å². The number of hydrogen-bond donors (Lipinski definition) is 3. The van der Waals surface area contributed by atoms with E-state index in [1.54, 1.807) is 0 Å². The molecule has 1 saturated carbocycles. The molecule has 0 heterocycles. The average Bonchev–Trinajstić information content (AvgIpc) is 3.36. The van der Waals surface area contributed by atoms with Crippen molar-refractivity contribution in [1.29, 1.82) is 0 Å². The van der Waals surface area contributed by atoms with Crippen LogP contribution in [0.3, 0.4) is 0 Å². The molecule has 0 aromatic rings. The number of hydrogen-bond acceptors (Lipinski definition) is 8. The number of halogens is 1. The number of unbranched alkanes of at least 4 members (excludes halogenated alkanes) is 43. The first kappa shape index (κ1) is 75.8. The first-order valence-corrected chi connectivity index (χ1v) is 32.6. The summed E-state index contributed by atoms with van der Waals surface area (Å²) < 4.78 is 12.0. The van der Waals surface area contributed by atoms with Gasteiger partial charge in [0.1, 0.15) is 25.0 Å². The summed E-state index contributed by atoms with van der Waals surface area (Å²) >= 11 is 0. The van der Waals surface area contributed by atoms with Gasteiger partial charge < -0.3 is 46.5 Å². The van der Waals surface area contributed by atoms with Crippen molar-refractivity contribution in [3.05, 3.63) is 0 Å². The third-order valence-electron chi connectivity index (χ3n) is 15.7. The Hall–Kier alpha value is -1.26. The van der Waals surface area contributed by atoms with Crippen LogP contribution in [0.25, 0.3) is 0 Å². The Morgan fingerprint density at radius 2 is 0.693 bits per heavy atom. The van der Waals surface area contributed by atoms with Gasteiger partial charge in [-0.05, 0) is 25.7 Å². The maximum Gasteiger partial charge on any atom is 0.306 e. The SMILES string of the molecule is CCCCCCCCCCCCCCCCCC(=O)O[C@@H]1[C@@H](OC(=O)CCCCCCCCCCCCCCCCC)[C@H](O)[C@@H](C(O)C[N+](C)(C)C)C[C@H]1O.CCCCCCCCCCCCCCCCCC=O.[Cl-]. The van der Waals surface area contributed by atoms with Crippen LogP contribution in [0.2, 0.25) is 0 Å². The minimum Gasteiger partial charge on any atom is -1.00 e. The Labute approximate surface area is 471 Å². The summed E-state index contributed by atoms with van der Waals surface area (Å²) in [6.07, 6.45) is 54.6. The average molecular weight is 1090 g/mol. The molecule has 0 aromatic heterocycles. The van der Waals surface area contributed by atoms with Gasteiger partial charge in [-0.25, -0.2) is 0 Å². The van der Waals surface area contributed by atoms with E-state index in [0.717, 1.165) is 44.8 Å². The quantitative estimate of drug-likeness (QED) is 0.0238. The van der Waals surface area contributed by atoms with E-state index in [0.29, 0.717) is 23.9 Å².